The van der Waals surface area contributed by atoms with E-state index in [0.717, 1.165) is 5.69 Å². The first kappa shape index (κ1) is 17.2. The van der Waals surface area contributed by atoms with Crippen LogP contribution >= 0.6 is 0 Å². The highest BCUT2D eigenvalue weighted by Gasteiger charge is 2.26. The molecule has 0 atom stereocenters. The number of hydrogen-bond acceptors (Lipinski definition) is 5. The van der Waals surface area contributed by atoms with Crippen molar-refractivity contribution < 1.29 is 14.3 Å². The first-order valence-corrected chi connectivity index (χ1v) is 7.82. The Bertz CT molecular complexity index is 566. The fourth-order valence-corrected chi connectivity index (χ4v) is 2.29. The van der Waals surface area contributed by atoms with Gasteiger partial charge in [-0.25, -0.2) is 9.78 Å². The molecule has 1 aromatic heterocycles. The third-order valence-corrected chi connectivity index (χ3v) is 3.43. The van der Waals surface area contributed by atoms with Crippen molar-refractivity contribution in [3.8, 4) is 0 Å². The Morgan fingerprint density at radius 2 is 1.70 bits per heavy atom. The van der Waals surface area contributed by atoms with Gasteiger partial charge in [-0.15, -0.1) is 0 Å². The maximum absolute atomic E-state index is 12.5. The number of amides is 2. The molecule has 0 spiro atoms. The van der Waals surface area contributed by atoms with Crippen molar-refractivity contribution in [3.63, 3.8) is 0 Å². The van der Waals surface area contributed by atoms with Gasteiger partial charge in [-0.2, -0.15) is 0 Å². The predicted octanol–water partition coefficient (Wildman–Crippen LogP) is 1.87. The molecule has 1 saturated heterocycles. The van der Waals surface area contributed by atoms with E-state index in [0.29, 0.717) is 38.3 Å². The Hall–Kier alpha value is -2.18. The molecule has 0 aromatic carbocycles. The Morgan fingerprint density at radius 3 is 2.30 bits per heavy atom. The van der Waals surface area contributed by atoms with Crippen LogP contribution in [0.3, 0.4) is 0 Å². The highest BCUT2D eigenvalue weighted by molar-refractivity contribution is 5.92. The summed E-state index contributed by atoms with van der Waals surface area (Å²) in [7, 11) is 0. The van der Waals surface area contributed by atoms with E-state index in [-0.39, 0.29) is 12.0 Å². The molecule has 2 rings (SSSR count). The van der Waals surface area contributed by atoms with Crippen molar-refractivity contribution in [1.29, 1.82) is 0 Å². The molecule has 0 saturated carbocycles. The van der Waals surface area contributed by atoms with Crippen LogP contribution in [0.1, 0.15) is 43.4 Å². The third-order valence-electron chi connectivity index (χ3n) is 3.43. The van der Waals surface area contributed by atoms with Crippen LogP contribution in [0.25, 0.3) is 0 Å². The van der Waals surface area contributed by atoms with Gasteiger partial charge < -0.3 is 14.5 Å². The van der Waals surface area contributed by atoms with Crippen molar-refractivity contribution in [1.82, 2.24) is 19.8 Å². The van der Waals surface area contributed by atoms with Crippen LogP contribution in [0.15, 0.2) is 12.4 Å². The van der Waals surface area contributed by atoms with Crippen molar-refractivity contribution in [2.24, 2.45) is 0 Å². The van der Waals surface area contributed by atoms with Crippen LogP contribution in [-0.2, 0) is 4.74 Å². The highest BCUT2D eigenvalue weighted by atomic mass is 16.6. The number of aryl methyl sites for hydroxylation is 1. The molecule has 2 heterocycles. The summed E-state index contributed by atoms with van der Waals surface area (Å²) >= 11 is 0. The zero-order valence-corrected chi connectivity index (χ0v) is 14.2. The summed E-state index contributed by atoms with van der Waals surface area (Å²) < 4.78 is 5.39. The minimum Gasteiger partial charge on any atom is -0.444 e. The summed E-state index contributed by atoms with van der Waals surface area (Å²) in [5, 5.41) is 0. The molecule has 0 N–H and O–H groups in total. The second-order valence-corrected chi connectivity index (χ2v) is 6.66. The quantitative estimate of drug-likeness (QED) is 0.789. The summed E-state index contributed by atoms with van der Waals surface area (Å²) in [5.74, 6) is -0.150. The fourth-order valence-electron chi connectivity index (χ4n) is 2.29. The first-order valence-electron chi connectivity index (χ1n) is 7.82. The minimum absolute atomic E-state index is 0.150. The number of rotatable bonds is 1. The number of nitrogens with zero attached hydrogens (tertiary/aromatic N) is 4. The summed E-state index contributed by atoms with van der Waals surface area (Å²) in [6.45, 7) is 9.45. The minimum atomic E-state index is -0.517. The van der Waals surface area contributed by atoms with Crippen LogP contribution in [0.4, 0.5) is 4.79 Å². The van der Waals surface area contributed by atoms with E-state index in [9.17, 15) is 9.59 Å². The van der Waals surface area contributed by atoms with E-state index in [1.165, 1.54) is 6.20 Å². The van der Waals surface area contributed by atoms with Gasteiger partial charge in [0.1, 0.15) is 11.3 Å². The molecule has 7 heteroatoms. The molecule has 0 aliphatic carbocycles. The molecule has 0 radical (unpaired) electrons. The van der Waals surface area contributed by atoms with Crippen LogP contribution in [-0.4, -0.2) is 63.5 Å². The monoisotopic (exact) mass is 320 g/mol. The molecule has 2 amide bonds. The third kappa shape index (κ3) is 4.91. The van der Waals surface area contributed by atoms with Crippen LogP contribution in [0, 0.1) is 6.92 Å². The van der Waals surface area contributed by atoms with Crippen LogP contribution in [0.5, 0.6) is 0 Å². The second-order valence-electron chi connectivity index (χ2n) is 6.66. The van der Waals surface area contributed by atoms with E-state index >= 15 is 0 Å². The summed E-state index contributed by atoms with van der Waals surface area (Å²) in [6, 6.07) is 0. The van der Waals surface area contributed by atoms with Gasteiger partial charge in [0.25, 0.3) is 5.91 Å². The topological polar surface area (TPSA) is 75.6 Å². The zero-order chi connectivity index (χ0) is 17.0. The van der Waals surface area contributed by atoms with Gasteiger partial charge in [0.05, 0.1) is 11.9 Å². The molecule has 23 heavy (non-hydrogen) atoms. The SMILES string of the molecule is Cc1cnc(C(=O)N2CCCN(C(=O)OC(C)(C)C)CC2)cn1. The summed E-state index contributed by atoms with van der Waals surface area (Å²) in [4.78, 5) is 36.2. The molecule has 1 aromatic rings. The van der Waals surface area contributed by atoms with Gasteiger partial charge in [0.15, 0.2) is 0 Å². The van der Waals surface area contributed by atoms with Gasteiger partial charge in [0, 0.05) is 32.4 Å². The van der Waals surface area contributed by atoms with Crippen molar-refractivity contribution in [3.05, 3.63) is 23.8 Å². The molecule has 0 bridgehead atoms. The molecular formula is C16H24N4O3. The normalized spacial score (nSPS) is 16.0. The molecule has 1 aliphatic rings. The molecule has 7 nitrogen and oxygen atoms in total. The maximum atomic E-state index is 12.5. The summed E-state index contributed by atoms with van der Waals surface area (Å²) in [6.07, 6.45) is 3.46. The van der Waals surface area contributed by atoms with E-state index < -0.39 is 5.60 Å². The molecule has 0 unspecified atom stereocenters. The first-order chi connectivity index (χ1) is 10.8. The van der Waals surface area contributed by atoms with E-state index in [1.807, 2.05) is 27.7 Å². The molecule has 1 aliphatic heterocycles. The lowest BCUT2D eigenvalue weighted by molar-refractivity contribution is 0.0255. The number of aromatic nitrogens is 2. The van der Waals surface area contributed by atoms with Gasteiger partial charge in [-0.3, -0.25) is 9.78 Å². The standard InChI is InChI=1S/C16H24N4O3/c1-12-10-18-13(11-17-12)14(21)19-6-5-7-20(9-8-19)15(22)23-16(2,3)4/h10-11H,5-9H2,1-4H3. The second kappa shape index (κ2) is 6.93. The van der Waals surface area contributed by atoms with Gasteiger partial charge in [-0.1, -0.05) is 0 Å². The van der Waals surface area contributed by atoms with Crippen LogP contribution in [0.2, 0.25) is 0 Å². The van der Waals surface area contributed by atoms with Crippen molar-refractivity contribution in [2.75, 3.05) is 26.2 Å². The van der Waals surface area contributed by atoms with Crippen LogP contribution < -0.4 is 0 Å². The predicted molar refractivity (Wildman–Crippen MR) is 85.1 cm³/mol. The smallest absolute Gasteiger partial charge is 0.410 e. The zero-order valence-electron chi connectivity index (χ0n) is 14.2. The maximum Gasteiger partial charge on any atom is 0.410 e. The average molecular weight is 320 g/mol. The van der Waals surface area contributed by atoms with E-state index in [2.05, 4.69) is 9.97 Å². The number of ether oxygens (including phenoxy) is 1. The Morgan fingerprint density at radius 1 is 1.04 bits per heavy atom. The molecule has 126 valence electrons. The van der Waals surface area contributed by atoms with Crippen molar-refractivity contribution in [2.45, 2.75) is 39.7 Å². The Labute approximate surface area is 136 Å². The van der Waals surface area contributed by atoms with Gasteiger partial charge in [0.2, 0.25) is 0 Å². The lowest BCUT2D eigenvalue weighted by Gasteiger charge is -2.26. The number of carbonyl (C=O) groups excluding carboxylic acids is 2. The highest BCUT2D eigenvalue weighted by Crippen LogP contribution is 2.13. The molecule has 1 fully saturated rings. The van der Waals surface area contributed by atoms with Gasteiger partial charge in [-0.05, 0) is 34.1 Å². The molecular weight excluding hydrogens is 296 g/mol. The number of hydrogen-bond donors (Lipinski definition) is 0. The summed E-state index contributed by atoms with van der Waals surface area (Å²) in [5.41, 5.74) is 0.589. The van der Waals surface area contributed by atoms with E-state index in [4.69, 9.17) is 4.74 Å². The van der Waals surface area contributed by atoms with Crippen molar-refractivity contribution >= 4 is 12.0 Å². The fraction of sp³-hybridized carbons (Fsp3) is 0.625. The largest absolute Gasteiger partial charge is 0.444 e. The van der Waals surface area contributed by atoms with E-state index in [1.54, 1.807) is 16.0 Å². The lowest BCUT2D eigenvalue weighted by Crippen LogP contribution is -2.40. The lowest BCUT2D eigenvalue weighted by atomic mass is 10.2. The average Bonchev–Trinajstić information content (AvgIpc) is 2.71. The Kier molecular flexibility index (Phi) is 5.18. The number of carbonyl (C=O) groups is 2. The Balaban J connectivity index is 1.97. The van der Waals surface area contributed by atoms with Gasteiger partial charge >= 0.3 is 6.09 Å².